The van der Waals surface area contributed by atoms with Crippen LogP contribution >= 0.6 is 15.9 Å². The second kappa shape index (κ2) is 8.84. The average molecular weight is 499 g/mol. The zero-order valence-electron chi connectivity index (χ0n) is 17.5. The number of rotatable bonds is 7. The van der Waals surface area contributed by atoms with E-state index >= 15 is 0 Å². The minimum Gasteiger partial charge on any atom is -0.493 e. The van der Waals surface area contributed by atoms with Crippen LogP contribution < -0.4 is 20.1 Å². The molecule has 5 rings (SSSR count). The van der Waals surface area contributed by atoms with Crippen LogP contribution in [0.3, 0.4) is 0 Å². The smallest absolute Gasteiger partial charge is 0.255 e. The van der Waals surface area contributed by atoms with E-state index in [-0.39, 0.29) is 12.0 Å². The van der Waals surface area contributed by atoms with Crippen LogP contribution in [-0.2, 0) is 11.2 Å². The number of carbonyl (C=O) groups excluding carboxylic acids is 1. The first-order chi connectivity index (χ1) is 15.7. The zero-order valence-corrected chi connectivity index (χ0v) is 19.1. The fourth-order valence-corrected chi connectivity index (χ4v) is 4.48. The highest BCUT2D eigenvalue weighted by Crippen LogP contribution is 2.42. The summed E-state index contributed by atoms with van der Waals surface area (Å²) in [5.41, 5.74) is 4.47. The van der Waals surface area contributed by atoms with Crippen molar-refractivity contribution in [2.45, 2.75) is 18.9 Å². The van der Waals surface area contributed by atoms with E-state index in [4.69, 9.17) is 14.2 Å². The first-order valence-corrected chi connectivity index (χ1v) is 11.3. The Balaban J connectivity index is 1.60. The van der Waals surface area contributed by atoms with Crippen molar-refractivity contribution in [3.8, 4) is 22.8 Å². The number of aromatic amines is 1. The van der Waals surface area contributed by atoms with Gasteiger partial charge < -0.3 is 29.8 Å². The summed E-state index contributed by atoms with van der Waals surface area (Å²) in [4.78, 5) is 20.5. The maximum Gasteiger partial charge on any atom is 0.255 e. The second-order valence-electron chi connectivity index (χ2n) is 7.64. The lowest BCUT2D eigenvalue weighted by Crippen LogP contribution is -2.32. The van der Waals surface area contributed by atoms with Gasteiger partial charge in [-0.2, -0.15) is 0 Å². The number of halogens is 1. The Kier molecular flexibility index (Phi) is 5.75. The van der Waals surface area contributed by atoms with Gasteiger partial charge in [-0.05, 0) is 34.1 Å². The highest BCUT2D eigenvalue weighted by Gasteiger charge is 2.29. The molecule has 0 spiro atoms. The van der Waals surface area contributed by atoms with E-state index in [9.17, 15) is 4.79 Å². The molecule has 0 unspecified atom stereocenters. The summed E-state index contributed by atoms with van der Waals surface area (Å²) in [6, 6.07) is 7.61. The fraction of sp³-hybridized carbons (Fsp3) is 0.304. The van der Waals surface area contributed by atoms with Gasteiger partial charge in [-0.1, -0.05) is 6.07 Å². The fourth-order valence-electron chi connectivity index (χ4n) is 3.96. The van der Waals surface area contributed by atoms with Gasteiger partial charge in [0.25, 0.3) is 5.91 Å². The van der Waals surface area contributed by atoms with Gasteiger partial charge in [-0.15, -0.1) is 0 Å². The summed E-state index contributed by atoms with van der Waals surface area (Å²) in [7, 11) is 1.61. The van der Waals surface area contributed by atoms with Crippen LogP contribution in [0.25, 0.3) is 11.3 Å². The average Bonchev–Trinajstić information content (AvgIpc) is 3.12. The Bertz CT molecular complexity index is 1160. The third-order valence-electron chi connectivity index (χ3n) is 5.67. The predicted molar refractivity (Wildman–Crippen MR) is 124 cm³/mol. The summed E-state index contributed by atoms with van der Waals surface area (Å²) in [5.74, 6) is 1.16. The number of H-pyrrole nitrogens is 1. The minimum absolute atomic E-state index is 0.106. The van der Waals surface area contributed by atoms with E-state index in [1.807, 2.05) is 24.3 Å². The number of ether oxygens (including phenoxy) is 3. The third kappa shape index (κ3) is 3.82. The number of methoxy groups -OCH3 is 1. The van der Waals surface area contributed by atoms with Crippen LogP contribution in [0, 0.1) is 0 Å². The highest BCUT2D eigenvalue weighted by molar-refractivity contribution is 9.10. The Morgan fingerprint density at radius 1 is 1.34 bits per heavy atom. The number of hydrogen-bond acceptors (Lipinski definition) is 6. The maximum atomic E-state index is 12.8. The van der Waals surface area contributed by atoms with Crippen molar-refractivity contribution in [2.75, 3.05) is 32.2 Å². The Labute approximate surface area is 193 Å². The van der Waals surface area contributed by atoms with E-state index in [2.05, 4.69) is 36.5 Å². The number of carbonyl (C=O) groups is 1. The van der Waals surface area contributed by atoms with Gasteiger partial charge >= 0.3 is 0 Å². The predicted octanol–water partition coefficient (Wildman–Crippen LogP) is 4.05. The lowest BCUT2D eigenvalue weighted by Gasteiger charge is -2.26. The first kappa shape index (κ1) is 20.8. The Morgan fingerprint density at radius 3 is 3.00 bits per heavy atom. The molecule has 3 N–H and O–H groups in total. The number of benzene rings is 1. The van der Waals surface area contributed by atoms with E-state index in [0.29, 0.717) is 42.3 Å². The summed E-state index contributed by atoms with van der Waals surface area (Å²) in [6.07, 6.45) is 5.21. The van der Waals surface area contributed by atoms with E-state index in [1.54, 1.807) is 19.5 Å². The van der Waals surface area contributed by atoms with Crippen molar-refractivity contribution in [3.63, 3.8) is 0 Å². The molecule has 166 valence electrons. The van der Waals surface area contributed by atoms with Gasteiger partial charge in [0.1, 0.15) is 12.4 Å². The van der Waals surface area contributed by atoms with Crippen LogP contribution in [0.2, 0.25) is 0 Å². The van der Waals surface area contributed by atoms with E-state index in [0.717, 1.165) is 40.1 Å². The Morgan fingerprint density at radius 2 is 2.22 bits per heavy atom. The number of nitrogens with one attached hydrogen (secondary N) is 3. The molecule has 8 nitrogen and oxygen atoms in total. The largest absolute Gasteiger partial charge is 0.493 e. The standard InChI is InChI=1S/C23H23BrN4O4/c1-30-22-15(24)3-2-4-17(22)28-21-19-16(6-9-26-23(19)29)27-20(21)14-5-8-25-11-18(14)32-12-13-7-10-31-13/h2-5,8,11,13,27-28H,6-7,9-10,12H2,1H3,(H,26,29)/t13-/m0/s1. The number of anilines is 2. The molecule has 2 aromatic heterocycles. The zero-order chi connectivity index (χ0) is 22.1. The summed E-state index contributed by atoms with van der Waals surface area (Å²) >= 11 is 3.53. The van der Waals surface area contributed by atoms with Gasteiger partial charge in [0.2, 0.25) is 0 Å². The van der Waals surface area contributed by atoms with Crippen molar-refractivity contribution in [1.82, 2.24) is 15.3 Å². The molecule has 1 aromatic carbocycles. The van der Waals surface area contributed by atoms with Gasteiger partial charge in [0, 0.05) is 43.4 Å². The molecule has 1 atom stereocenters. The lowest BCUT2D eigenvalue weighted by atomic mass is 10.0. The molecule has 2 aliphatic heterocycles. The maximum absolute atomic E-state index is 12.8. The molecule has 0 bridgehead atoms. The van der Waals surface area contributed by atoms with Gasteiger partial charge in [-0.25, -0.2) is 0 Å². The van der Waals surface area contributed by atoms with Crippen LogP contribution in [0.15, 0.2) is 41.1 Å². The molecule has 0 radical (unpaired) electrons. The molecular weight excluding hydrogens is 476 g/mol. The molecule has 0 aliphatic carbocycles. The second-order valence-corrected chi connectivity index (χ2v) is 8.50. The highest BCUT2D eigenvalue weighted by atomic mass is 79.9. The number of aromatic nitrogens is 2. The number of amides is 1. The molecule has 1 fully saturated rings. The van der Waals surface area contributed by atoms with E-state index < -0.39 is 0 Å². The van der Waals surface area contributed by atoms with Gasteiger partial charge in [-0.3, -0.25) is 9.78 Å². The van der Waals surface area contributed by atoms with Crippen LogP contribution in [-0.4, -0.2) is 48.8 Å². The van der Waals surface area contributed by atoms with Crippen LogP contribution in [0.4, 0.5) is 11.4 Å². The number of pyridine rings is 1. The van der Waals surface area contributed by atoms with Crippen molar-refractivity contribution < 1.29 is 19.0 Å². The molecule has 3 aromatic rings. The molecule has 4 heterocycles. The first-order valence-electron chi connectivity index (χ1n) is 10.5. The van der Waals surface area contributed by atoms with E-state index in [1.165, 1.54) is 0 Å². The lowest BCUT2D eigenvalue weighted by molar-refractivity contribution is -0.0720. The molecular formula is C23H23BrN4O4. The molecule has 2 aliphatic rings. The number of hydrogen-bond donors (Lipinski definition) is 3. The quantitative estimate of drug-likeness (QED) is 0.454. The summed E-state index contributed by atoms with van der Waals surface area (Å²) < 4.78 is 17.9. The molecule has 0 saturated carbocycles. The third-order valence-corrected chi connectivity index (χ3v) is 6.29. The molecule has 9 heteroatoms. The number of fused-ring (bicyclic) bond motifs is 1. The summed E-state index contributed by atoms with van der Waals surface area (Å²) in [6.45, 7) is 1.82. The molecule has 1 saturated heterocycles. The van der Waals surface area contributed by atoms with Gasteiger partial charge in [0.15, 0.2) is 5.75 Å². The van der Waals surface area contributed by atoms with Crippen molar-refractivity contribution in [3.05, 3.63) is 52.4 Å². The van der Waals surface area contributed by atoms with Crippen molar-refractivity contribution >= 4 is 33.2 Å². The topological polar surface area (TPSA) is 97.5 Å². The van der Waals surface area contributed by atoms with Crippen molar-refractivity contribution in [1.29, 1.82) is 0 Å². The number of nitrogens with zero attached hydrogens (tertiary/aromatic N) is 1. The SMILES string of the molecule is COc1c(Br)cccc1Nc1c(-c2ccncc2OC[C@@H]2CCO2)[nH]c2c1C(=O)NCC2. The van der Waals surface area contributed by atoms with Crippen LogP contribution in [0.1, 0.15) is 22.5 Å². The minimum atomic E-state index is -0.121. The monoisotopic (exact) mass is 498 g/mol. The normalized spacial score (nSPS) is 17.2. The molecule has 32 heavy (non-hydrogen) atoms. The number of para-hydroxylation sites is 1. The summed E-state index contributed by atoms with van der Waals surface area (Å²) in [5, 5.41) is 6.38. The van der Waals surface area contributed by atoms with Crippen LogP contribution in [0.5, 0.6) is 11.5 Å². The van der Waals surface area contributed by atoms with Gasteiger partial charge in [0.05, 0.1) is 46.5 Å². The molecule has 1 amide bonds. The Hall–Kier alpha value is -3.04. The van der Waals surface area contributed by atoms with Crippen molar-refractivity contribution in [2.24, 2.45) is 0 Å².